The summed E-state index contributed by atoms with van der Waals surface area (Å²) in [6, 6.07) is 21.1. The highest BCUT2D eigenvalue weighted by Crippen LogP contribution is 2.32. The van der Waals surface area contributed by atoms with Crippen LogP contribution >= 0.6 is 0 Å². The number of hydrogen-bond donors (Lipinski definition) is 3. The van der Waals surface area contributed by atoms with Crippen LogP contribution in [0.4, 0.5) is 5.95 Å². The Bertz CT molecular complexity index is 834. The maximum absolute atomic E-state index is 12.2. The first-order valence-corrected chi connectivity index (χ1v) is 8.53. The Balaban J connectivity index is 1.45. The summed E-state index contributed by atoms with van der Waals surface area (Å²) in [6.45, 7) is 1.54. The number of likely N-dealkylation sites (tertiary alicyclic amines) is 1. The first-order valence-electron chi connectivity index (χ1n) is 8.53. The van der Waals surface area contributed by atoms with Gasteiger partial charge in [0.25, 0.3) is 5.91 Å². The maximum atomic E-state index is 12.2. The molecule has 0 spiro atoms. The molecule has 0 saturated carbocycles. The van der Waals surface area contributed by atoms with Gasteiger partial charge >= 0.3 is 0 Å². The molecule has 26 heavy (non-hydrogen) atoms. The number of anilines is 1. The summed E-state index contributed by atoms with van der Waals surface area (Å²) in [5.74, 6) is -0.0722. The zero-order valence-corrected chi connectivity index (χ0v) is 14.2. The molecule has 4 rings (SSSR count). The van der Waals surface area contributed by atoms with Gasteiger partial charge in [0.15, 0.2) is 0 Å². The first-order chi connectivity index (χ1) is 12.7. The fraction of sp³-hybridized carbons (Fsp3) is 0.211. The van der Waals surface area contributed by atoms with Crippen LogP contribution in [0.25, 0.3) is 0 Å². The van der Waals surface area contributed by atoms with Crippen LogP contribution in [0.1, 0.15) is 27.8 Å². The highest BCUT2D eigenvalue weighted by atomic mass is 16.2. The molecule has 0 unspecified atom stereocenters. The molecule has 1 amide bonds. The molecule has 1 fully saturated rings. The number of hydrogen-bond acceptors (Lipinski definition) is 5. The molecular formula is C19H20N6O. The number of aromatic nitrogens is 3. The van der Waals surface area contributed by atoms with Gasteiger partial charge in [-0.05, 0) is 11.1 Å². The lowest BCUT2D eigenvalue weighted by atomic mass is 9.93. The first kappa shape index (κ1) is 16.3. The van der Waals surface area contributed by atoms with E-state index in [1.54, 1.807) is 0 Å². The lowest BCUT2D eigenvalue weighted by Crippen LogP contribution is -2.60. The molecule has 0 radical (unpaired) electrons. The second-order valence-electron chi connectivity index (χ2n) is 6.39. The molecule has 132 valence electrons. The second-order valence-corrected chi connectivity index (χ2v) is 6.39. The minimum Gasteiger partial charge on any atom is -0.366 e. The van der Waals surface area contributed by atoms with E-state index in [9.17, 15) is 4.79 Å². The Morgan fingerprint density at radius 3 is 2.15 bits per heavy atom. The Kier molecular flexibility index (Phi) is 4.37. The van der Waals surface area contributed by atoms with Crippen molar-refractivity contribution >= 4 is 11.9 Å². The van der Waals surface area contributed by atoms with Gasteiger partial charge < -0.3 is 11.1 Å². The minimum atomic E-state index is -0.283. The Morgan fingerprint density at radius 1 is 1.08 bits per heavy atom. The lowest BCUT2D eigenvalue weighted by Gasteiger charge is -2.44. The Labute approximate surface area is 151 Å². The summed E-state index contributed by atoms with van der Waals surface area (Å²) in [7, 11) is 0. The van der Waals surface area contributed by atoms with E-state index in [0.29, 0.717) is 0 Å². The van der Waals surface area contributed by atoms with Crippen molar-refractivity contribution in [3.8, 4) is 0 Å². The van der Waals surface area contributed by atoms with Gasteiger partial charge in [-0.15, -0.1) is 5.10 Å². The molecule has 2 heterocycles. The van der Waals surface area contributed by atoms with E-state index in [0.717, 1.165) is 13.1 Å². The number of amides is 1. The van der Waals surface area contributed by atoms with Crippen LogP contribution in [0.3, 0.4) is 0 Å². The highest BCUT2D eigenvalue weighted by molar-refractivity contribution is 5.90. The van der Waals surface area contributed by atoms with Crippen molar-refractivity contribution in [2.45, 2.75) is 12.1 Å². The van der Waals surface area contributed by atoms with Crippen LogP contribution in [0.5, 0.6) is 0 Å². The highest BCUT2D eigenvalue weighted by Gasteiger charge is 2.35. The molecule has 0 aliphatic carbocycles. The van der Waals surface area contributed by atoms with E-state index in [2.05, 4.69) is 73.9 Å². The van der Waals surface area contributed by atoms with Gasteiger partial charge in [0, 0.05) is 13.1 Å². The number of carbonyl (C=O) groups excluding carboxylic acids is 1. The standard InChI is InChI=1S/C19H20N6O/c20-19-22-17(23-24-19)18(26)21-15-11-25(12-15)16(13-7-3-1-4-8-13)14-9-5-2-6-10-14/h1-10,15-16H,11-12H2,(H,21,26)(H3,20,22,23,24). The number of aromatic amines is 1. The van der Waals surface area contributed by atoms with Crippen molar-refractivity contribution in [1.82, 2.24) is 25.4 Å². The van der Waals surface area contributed by atoms with E-state index in [1.165, 1.54) is 11.1 Å². The van der Waals surface area contributed by atoms with Gasteiger partial charge in [0.05, 0.1) is 12.1 Å². The molecule has 1 aliphatic rings. The Hall–Kier alpha value is -3.19. The number of rotatable bonds is 5. The van der Waals surface area contributed by atoms with Crippen LogP contribution in [0.15, 0.2) is 60.7 Å². The zero-order chi connectivity index (χ0) is 17.9. The fourth-order valence-corrected chi connectivity index (χ4v) is 3.33. The summed E-state index contributed by atoms with van der Waals surface area (Å²) in [6.07, 6.45) is 0. The third kappa shape index (κ3) is 3.29. The summed E-state index contributed by atoms with van der Waals surface area (Å²) < 4.78 is 0. The van der Waals surface area contributed by atoms with Crippen LogP contribution < -0.4 is 11.1 Å². The van der Waals surface area contributed by atoms with Gasteiger partial charge in [0.2, 0.25) is 11.8 Å². The molecule has 1 aliphatic heterocycles. The molecule has 2 aromatic carbocycles. The number of nitrogens with zero attached hydrogens (tertiary/aromatic N) is 3. The van der Waals surface area contributed by atoms with Crippen LogP contribution in [0.2, 0.25) is 0 Å². The number of benzene rings is 2. The van der Waals surface area contributed by atoms with Gasteiger partial charge in [-0.2, -0.15) is 4.98 Å². The molecule has 7 heteroatoms. The third-order valence-corrected chi connectivity index (χ3v) is 4.56. The topological polar surface area (TPSA) is 99.9 Å². The average Bonchev–Trinajstić information content (AvgIpc) is 3.08. The number of nitrogens with two attached hydrogens (primary N) is 1. The van der Waals surface area contributed by atoms with Crippen LogP contribution in [0, 0.1) is 0 Å². The van der Waals surface area contributed by atoms with Crippen molar-refractivity contribution < 1.29 is 4.79 Å². The smallest absolute Gasteiger partial charge is 0.288 e. The van der Waals surface area contributed by atoms with Crippen molar-refractivity contribution in [2.75, 3.05) is 18.8 Å². The van der Waals surface area contributed by atoms with Crippen molar-refractivity contribution in [2.24, 2.45) is 0 Å². The molecule has 0 atom stereocenters. The summed E-state index contributed by atoms with van der Waals surface area (Å²) in [5.41, 5.74) is 7.93. The van der Waals surface area contributed by atoms with Gasteiger partial charge in [-0.1, -0.05) is 60.7 Å². The van der Waals surface area contributed by atoms with E-state index < -0.39 is 0 Å². The number of H-pyrrole nitrogens is 1. The normalized spacial score (nSPS) is 15.0. The Morgan fingerprint density at radius 2 is 1.65 bits per heavy atom. The van der Waals surface area contributed by atoms with Crippen LogP contribution in [-0.4, -0.2) is 45.1 Å². The molecule has 7 nitrogen and oxygen atoms in total. The second kappa shape index (κ2) is 6.97. The number of carbonyl (C=O) groups is 1. The fourth-order valence-electron chi connectivity index (χ4n) is 3.33. The van der Waals surface area contributed by atoms with Crippen molar-refractivity contribution in [3.63, 3.8) is 0 Å². The van der Waals surface area contributed by atoms with Crippen molar-refractivity contribution in [1.29, 1.82) is 0 Å². The molecule has 1 aromatic heterocycles. The minimum absolute atomic E-state index is 0.0682. The quantitative estimate of drug-likeness (QED) is 0.650. The van der Waals surface area contributed by atoms with Crippen molar-refractivity contribution in [3.05, 3.63) is 77.6 Å². The summed E-state index contributed by atoms with van der Waals surface area (Å²) in [4.78, 5) is 18.4. The van der Waals surface area contributed by atoms with E-state index >= 15 is 0 Å². The molecule has 0 bridgehead atoms. The summed E-state index contributed by atoms with van der Waals surface area (Å²) >= 11 is 0. The number of nitrogens with one attached hydrogen (secondary N) is 2. The SMILES string of the molecule is Nc1n[nH]c(C(=O)NC2CN(C(c3ccccc3)c3ccccc3)C2)n1. The van der Waals surface area contributed by atoms with Gasteiger partial charge in [-0.3, -0.25) is 14.8 Å². The average molecular weight is 348 g/mol. The largest absolute Gasteiger partial charge is 0.366 e. The maximum Gasteiger partial charge on any atom is 0.288 e. The molecule has 4 N–H and O–H groups in total. The van der Waals surface area contributed by atoms with Gasteiger partial charge in [0.1, 0.15) is 0 Å². The van der Waals surface area contributed by atoms with E-state index in [4.69, 9.17) is 5.73 Å². The molecule has 1 saturated heterocycles. The lowest BCUT2D eigenvalue weighted by molar-refractivity contribution is 0.0711. The molecular weight excluding hydrogens is 328 g/mol. The zero-order valence-electron chi connectivity index (χ0n) is 14.2. The predicted molar refractivity (Wildman–Crippen MR) is 98.3 cm³/mol. The monoisotopic (exact) mass is 348 g/mol. The number of nitrogen functional groups attached to an aromatic ring is 1. The summed E-state index contributed by atoms with van der Waals surface area (Å²) in [5, 5.41) is 9.18. The molecule has 3 aromatic rings. The van der Waals surface area contributed by atoms with E-state index in [1.807, 2.05) is 12.1 Å². The van der Waals surface area contributed by atoms with Crippen LogP contribution in [-0.2, 0) is 0 Å². The predicted octanol–water partition coefficient (Wildman–Crippen LogP) is 1.59. The van der Waals surface area contributed by atoms with Gasteiger partial charge in [-0.25, -0.2) is 0 Å². The third-order valence-electron chi connectivity index (χ3n) is 4.56. The van der Waals surface area contributed by atoms with E-state index in [-0.39, 0.29) is 29.8 Å².